The van der Waals surface area contributed by atoms with Gasteiger partial charge in [0.05, 0.1) is 12.2 Å². The minimum absolute atomic E-state index is 0.00841. The van der Waals surface area contributed by atoms with Crippen molar-refractivity contribution in [3.05, 3.63) is 65.2 Å². The van der Waals surface area contributed by atoms with E-state index in [1.54, 1.807) is 11.0 Å². The van der Waals surface area contributed by atoms with Gasteiger partial charge < -0.3 is 4.90 Å². The molecule has 1 heterocycles. The zero-order valence-electron chi connectivity index (χ0n) is 13.5. The van der Waals surface area contributed by atoms with Crippen LogP contribution in [0.4, 0.5) is 5.69 Å². The van der Waals surface area contributed by atoms with Crippen molar-refractivity contribution in [3.8, 4) is 0 Å². The van der Waals surface area contributed by atoms with E-state index in [2.05, 4.69) is 4.72 Å². The van der Waals surface area contributed by atoms with E-state index in [4.69, 9.17) is 0 Å². The molecule has 0 saturated heterocycles. The smallest absolute Gasteiger partial charge is 0.231 e. The number of fused-ring (bicyclic) bond motifs is 1. The number of benzene rings is 2. The number of carbonyl (C=O) groups is 1. The molecule has 1 amide bonds. The Morgan fingerprint density at radius 3 is 2.71 bits per heavy atom. The predicted molar refractivity (Wildman–Crippen MR) is 94.3 cm³/mol. The Morgan fingerprint density at radius 1 is 1.12 bits per heavy atom. The lowest BCUT2D eigenvalue weighted by molar-refractivity contribution is -0.117. The van der Waals surface area contributed by atoms with Gasteiger partial charge in [-0.25, -0.2) is 13.1 Å². The number of amides is 1. The molecule has 0 spiro atoms. The maximum Gasteiger partial charge on any atom is 0.231 e. The lowest BCUT2D eigenvalue weighted by Crippen LogP contribution is -2.37. The summed E-state index contributed by atoms with van der Waals surface area (Å²) in [7, 11) is -3.43. The lowest BCUT2D eigenvalue weighted by atomic mass is 10.2. The highest BCUT2D eigenvalue weighted by molar-refractivity contribution is 7.88. The van der Waals surface area contributed by atoms with E-state index in [1.165, 1.54) is 0 Å². The predicted octanol–water partition coefficient (Wildman–Crippen LogP) is 2.00. The van der Waals surface area contributed by atoms with Crippen molar-refractivity contribution < 1.29 is 13.2 Å². The van der Waals surface area contributed by atoms with Crippen molar-refractivity contribution in [1.82, 2.24) is 4.72 Å². The van der Waals surface area contributed by atoms with Crippen LogP contribution in [-0.4, -0.2) is 27.4 Å². The first kappa shape index (κ1) is 16.7. The number of carbonyl (C=O) groups excluding carboxylic acids is 1. The molecule has 1 N–H and O–H groups in total. The number of sulfonamides is 1. The number of hydrogen-bond donors (Lipinski definition) is 1. The van der Waals surface area contributed by atoms with Crippen LogP contribution in [-0.2, 0) is 27.0 Å². The second-order valence-electron chi connectivity index (χ2n) is 5.99. The first-order chi connectivity index (χ1) is 11.4. The first-order valence-corrected chi connectivity index (χ1v) is 9.51. The molecule has 0 fully saturated rings. The van der Waals surface area contributed by atoms with Gasteiger partial charge in [0.1, 0.15) is 0 Å². The number of anilines is 1. The Balaban J connectivity index is 1.59. The van der Waals surface area contributed by atoms with Crippen LogP contribution in [0, 0.1) is 6.92 Å². The maximum atomic E-state index is 12.2. The summed E-state index contributed by atoms with van der Waals surface area (Å²) in [6.45, 7) is 2.47. The number of rotatable bonds is 6. The van der Waals surface area contributed by atoms with Gasteiger partial charge in [-0.2, -0.15) is 0 Å². The van der Waals surface area contributed by atoms with Gasteiger partial charge in [0.2, 0.25) is 15.9 Å². The van der Waals surface area contributed by atoms with E-state index >= 15 is 0 Å². The highest BCUT2D eigenvalue weighted by Crippen LogP contribution is 2.27. The van der Waals surface area contributed by atoms with Crippen molar-refractivity contribution in [2.24, 2.45) is 0 Å². The Labute approximate surface area is 142 Å². The van der Waals surface area contributed by atoms with Crippen LogP contribution in [0.1, 0.15) is 16.7 Å². The molecule has 24 heavy (non-hydrogen) atoms. The molecular formula is C18H20N2O3S. The molecular weight excluding hydrogens is 324 g/mol. The van der Waals surface area contributed by atoms with E-state index in [9.17, 15) is 13.2 Å². The highest BCUT2D eigenvalue weighted by Gasteiger charge is 2.26. The second kappa shape index (κ2) is 6.75. The van der Waals surface area contributed by atoms with Crippen LogP contribution >= 0.6 is 0 Å². The molecule has 0 bridgehead atoms. The second-order valence-corrected chi connectivity index (χ2v) is 7.80. The molecule has 2 aromatic carbocycles. The topological polar surface area (TPSA) is 66.5 Å². The fourth-order valence-corrected chi connectivity index (χ4v) is 4.07. The molecule has 2 aromatic rings. The third kappa shape index (κ3) is 3.83. The summed E-state index contributed by atoms with van der Waals surface area (Å²) in [5, 5.41) is 0. The number of nitrogens with zero attached hydrogens (tertiary/aromatic N) is 1. The third-order valence-electron chi connectivity index (χ3n) is 4.02. The zero-order valence-corrected chi connectivity index (χ0v) is 14.3. The van der Waals surface area contributed by atoms with Crippen LogP contribution in [0.5, 0.6) is 0 Å². The van der Waals surface area contributed by atoms with Crippen LogP contribution in [0.3, 0.4) is 0 Å². The van der Waals surface area contributed by atoms with Gasteiger partial charge in [-0.1, -0.05) is 48.0 Å². The largest absolute Gasteiger partial charge is 0.311 e. The van der Waals surface area contributed by atoms with Crippen LogP contribution in [0.15, 0.2) is 48.5 Å². The Morgan fingerprint density at radius 2 is 1.92 bits per heavy atom. The lowest BCUT2D eigenvalue weighted by Gasteiger charge is -2.17. The fraction of sp³-hybridized carbons (Fsp3) is 0.278. The van der Waals surface area contributed by atoms with Gasteiger partial charge in [-0.3, -0.25) is 4.79 Å². The van der Waals surface area contributed by atoms with Crippen LogP contribution in [0.2, 0.25) is 0 Å². The molecule has 0 aromatic heterocycles. The van der Waals surface area contributed by atoms with Gasteiger partial charge in [0.25, 0.3) is 0 Å². The Kier molecular flexibility index (Phi) is 4.69. The summed E-state index contributed by atoms with van der Waals surface area (Å²) in [5.41, 5.74) is 3.65. The van der Waals surface area contributed by atoms with Crippen molar-refractivity contribution in [2.45, 2.75) is 19.1 Å². The summed E-state index contributed by atoms with van der Waals surface area (Å²) in [6, 6.07) is 15.0. The van der Waals surface area contributed by atoms with Crippen molar-refractivity contribution in [3.63, 3.8) is 0 Å². The molecule has 0 saturated carbocycles. The van der Waals surface area contributed by atoms with Crippen molar-refractivity contribution in [1.29, 1.82) is 0 Å². The van der Waals surface area contributed by atoms with E-state index in [-0.39, 0.29) is 18.2 Å². The number of nitrogens with one attached hydrogen (secondary N) is 1. The normalized spacial score (nSPS) is 14.0. The zero-order chi connectivity index (χ0) is 17.2. The molecule has 0 unspecified atom stereocenters. The summed E-state index contributed by atoms with van der Waals surface area (Å²) in [4.78, 5) is 13.7. The molecule has 0 atom stereocenters. The van der Waals surface area contributed by atoms with Gasteiger partial charge >= 0.3 is 0 Å². The van der Waals surface area contributed by atoms with Crippen molar-refractivity contribution in [2.75, 3.05) is 18.0 Å². The summed E-state index contributed by atoms with van der Waals surface area (Å²) >= 11 is 0. The molecule has 5 nitrogen and oxygen atoms in total. The summed E-state index contributed by atoms with van der Waals surface area (Å²) in [6.07, 6.45) is 0.381. The minimum atomic E-state index is -3.43. The number of para-hydroxylation sites is 1. The Bertz CT molecular complexity index is 862. The standard InChI is InChI=1S/C18H20N2O3S/c1-14-5-4-6-15(11-14)13-24(22,23)19-9-10-20-17-8-3-2-7-16(17)12-18(20)21/h2-8,11,19H,9-10,12-13H2,1H3. The first-order valence-electron chi connectivity index (χ1n) is 7.86. The van der Waals surface area contributed by atoms with E-state index in [0.717, 1.165) is 22.4 Å². The molecule has 126 valence electrons. The summed E-state index contributed by atoms with van der Waals surface area (Å²) in [5.74, 6) is -0.0479. The third-order valence-corrected chi connectivity index (χ3v) is 5.38. The molecule has 0 radical (unpaired) electrons. The van der Waals surface area contributed by atoms with Gasteiger partial charge in [0, 0.05) is 18.8 Å². The molecule has 3 rings (SSSR count). The fourth-order valence-electron chi connectivity index (χ4n) is 2.95. The SMILES string of the molecule is Cc1cccc(CS(=O)(=O)NCCN2C(=O)Cc3ccccc32)c1. The Hall–Kier alpha value is -2.18. The number of hydrogen-bond acceptors (Lipinski definition) is 3. The molecule has 1 aliphatic rings. The van der Waals surface area contributed by atoms with E-state index < -0.39 is 10.0 Å². The minimum Gasteiger partial charge on any atom is -0.311 e. The van der Waals surface area contributed by atoms with Crippen LogP contribution < -0.4 is 9.62 Å². The van der Waals surface area contributed by atoms with E-state index in [1.807, 2.05) is 49.4 Å². The van der Waals surface area contributed by atoms with Gasteiger partial charge in [0.15, 0.2) is 0 Å². The van der Waals surface area contributed by atoms with Crippen molar-refractivity contribution >= 4 is 21.6 Å². The van der Waals surface area contributed by atoms with Gasteiger partial charge in [-0.05, 0) is 24.1 Å². The maximum absolute atomic E-state index is 12.2. The average molecular weight is 344 g/mol. The van der Waals surface area contributed by atoms with Gasteiger partial charge in [-0.15, -0.1) is 0 Å². The quantitative estimate of drug-likeness (QED) is 0.872. The summed E-state index contributed by atoms with van der Waals surface area (Å²) < 4.78 is 27.0. The van der Waals surface area contributed by atoms with Crippen LogP contribution in [0.25, 0.3) is 0 Å². The monoisotopic (exact) mass is 344 g/mol. The molecule has 0 aliphatic carbocycles. The molecule has 6 heteroatoms. The van der Waals surface area contributed by atoms with E-state index in [0.29, 0.717) is 13.0 Å². The average Bonchev–Trinajstić information content (AvgIpc) is 2.83. The number of aryl methyl sites for hydroxylation is 1. The highest BCUT2D eigenvalue weighted by atomic mass is 32.2. The molecule has 1 aliphatic heterocycles.